The molecule has 2 N–H and O–H groups in total. The molecule has 4 heteroatoms. The molecule has 1 fully saturated rings. The molecule has 1 rings (SSSR count). The van der Waals surface area contributed by atoms with E-state index < -0.39 is 5.97 Å². The summed E-state index contributed by atoms with van der Waals surface area (Å²) in [6.07, 6.45) is 2.83. The summed E-state index contributed by atoms with van der Waals surface area (Å²) in [6, 6.07) is 0.534. The molecule has 1 aliphatic rings. The van der Waals surface area contributed by atoms with Gasteiger partial charge in [0.05, 0.1) is 6.42 Å². The summed E-state index contributed by atoms with van der Waals surface area (Å²) in [5.41, 5.74) is 0. The summed E-state index contributed by atoms with van der Waals surface area (Å²) in [7, 11) is 0. The first-order valence-corrected chi connectivity index (χ1v) is 5.36. The molecule has 0 amide bonds. The van der Waals surface area contributed by atoms with Gasteiger partial charge in [0.2, 0.25) is 0 Å². The van der Waals surface area contributed by atoms with E-state index in [-0.39, 0.29) is 6.42 Å². The Balaban J connectivity index is 2.02. The maximum Gasteiger partial charge on any atom is 0.304 e. The van der Waals surface area contributed by atoms with Crippen molar-refractivity contribution in [2.45, 2.75) is 32.2 Å². The van der Waals surface area contributed by atoms with Crippen molar-refractivity contribution in [3.63, 3.8) is 0 Å². The number of rotatable bonds is 6. The van der Waals surface area contributed by atoms with E-state index in [2.05, 4.69) is 17.1 Å². The molecule has 1 aliphatic heterocycles. The van der Waals surface area contributed by atoms with Crippen LogP contribution < -0.4 is 5.32 Å². The summed E-state index contributed by atoms with van der Waals surface area (Å²) < 4.78 is 0. The molecule has 0 aromatic rings. The van der Waals surface area contributed by atoms with Crippen LogP contribution in [0.15, 0.2) is 0 Å². The lowest BCUT2D eigenvalue weighted by atomic mass is 10.3. The second kappa shape index (κ2) is 5.98. The quantitative estimate of drug-likeness (QED) is 0.614. The largest absolute Gasteiger partial charge is 0.481 e. The van der Waals surface area contributed by atoms with E-state index in [1.807, 2.05) is 0 Å². The summed E-state index contributed by atoms with van der Waals surface area (Å²) in [4.78, 5) is 12.7. The highest BCUT2D eigenvalue weighted by molar-refractivity contribution is 5.66. The van der Waals surface area contributed by atoms with E-state index >= 15 is 0 Å². The summed E-state index contributed by atoms with van der Waals surface area (Å²) in [6.45, 7) is 6.06. The van der Waals surface area contributed by atoms with Gasteiger partial charge in [0.25, 0.3) is 0 Å². The first-order chi connectivity index (χ1) is 6.70. The second-order valence-electron chi connectivity index (χ2n) is 3.94. The van der Waals surface area contributed by atoms with Gasteiger partial charge in [0, 0.05) is 19.1 Å². The van der Waals surface area contributed by atoms with Crippen LogP contribution in [0.3, 0.4) is 0 Å². The van der Waals surface area contributed by atoms with Crippen LogP contribution in [-0.4, -0.2) is 48.2 Å². The van der Waals surface area contributed by atoms with E-state index in [0.29, 0.717) is 12.6 Å². The Kier molecular flexibility index (Phi) is 4.90. The standard InChI is InChI=1S/C10H20N2O2/c1-9(12-6-2-3-7-12)8-11-5-4-10(13)14/h9,11H,2-8H2,1H3,(H,13,14). The third-order valence-corrected chi connectivity index (χ3v) is 2.72. The Bertz CT molecular complexity index is 179. The number of carboxylic acids is 1. The fourth-order valence-corrected chi connectivity index (χ4v) is 1.82. The van der Waals surface area contributed by atoms with Crippen LogP contribution in [0.4, 0.5) is 0 Å². The van der Waals surface area contributed by atoms with Crippen LogP contribution in [0.5, 0.6) is 0 Å². The highest BCUT2D eigenvalue weighted by Gasteiger charge is 2.17. The minimum Gasteiger partial charge on any atom is -0.481 e. The van der Waals surface area contributed by atoms with Gasteiger partial charge in [0.1, 0.15) is 0 Å². The van der Waals surface area contributed by atoms with E-state index in [4.69, 9.17) is 5.11 Å². The number of nitrogens with zero attached hydrogens (tertiary/aromatic N) is 1. The van der Waals surface area contributed by atoms with Crippen molar-refractivity contribution in [1.82, 2.24) is 10.2 Å². The molecule has 0 aromatic carbocycles. The van der Waals surface area contributed by atoms with Gasteiger partial charge in [-0.25, -0.2) is 0 Å². The van der Waals surface area contributed by atoms with Crippen LogP contribution >= 0.6 is 0 Å². The molecule has 14 heavy (non-hydrogen) atoms. The van der Waals surface area contributed by atoms with Crippen LogP contribution in [0.2, 0.25) is 0 Å². The predicted molar refractivity (Wildman–Crippen MR) is 55.4 cm³/mol. The van der Waals surface area contributed by atoms with Crippen molar-refractivity contribution in [2.75, 3.05) is 26.2 Å². The number of hydrogen-bond acceptors (Lipinski definition) is 3. The van der Waals surface area contributed by atoms with Crippen molar-refractivity contribution in [3.05, 3.63) is 0 Å². The molecule has 0 bridgehead atoms. The monoisotopic (exact) mass is 200 g/mol. The number of carboxylic acid groups (broad SMARTS) is 1. The average Bonchev–Trinajstić information content (AvgIpc) is 2.64. The van der Waals surface area contributed by atoms with Crippen LogP contribution in [-0.2, 0) is 4.79 Å². The van der Waals surface area contributed by atoms with Crippen molar-refractivity contribution >= 4 is 5.97 Å². The van der Waals surface area contributed by atoms with Gasteiger partial charge < -0.3 is 10.4 Å². The molecule has 1 atom stereocenters. The predicted octanol–water partition coefficient (Wildman–Crippen LogP) is 0.535. The fraction of sp³-hybridized carbons (Fsp3) is 0.900. The molecule has 0 radical (unpaired) electrons. The Morgan fingerprint density at radius 2 is 2.14 bits per heavy atom. The van der Waals surface area contributed by atoms with Crippen molar-refractivity contribution in [2.24, 2.45) is 0 Å². The molecule has 0 saturated carbocycles. The first-order valence-electron chi connectivity index (χ1n) is 5.36. The zero-order valence-electron chi connectivity index (χ0n) is 8.83. The van der Waals surface area contributed by atoms with Gasteiger partial charge in [0.15, 0.2) is 0 Å². The number of hydrogen-bond donors (Lipinski definition) is 2. The van der Waals surface area contributed by atoms with Crippen molar-refractivity contribution in [3.8, 4) is 0 Å². The Labute approximate surface area is 85.3 Å². The van der Waals surface area contributed by atoms with Crippen LogP contribution in [0.25, 0.3) is 0 Å². The number of likely N-dealkylation sites (tertiary alicyclic amines) is 1. The molecule has 82 valence electrons. The molecular weight excluding hydrogens is 180 g/mol. The molecular formula is C10H20N2O2. The van der Waals surface area contributed by atoms with Crippen LogP contribution in [0, 0.1) is 0 Å². The summed E-state index contributed by atoms with van der Waals surface area (Å²) in [5.74, 6) is -0.730. The minimum absolute atomic E-state index is 0.215. The zero-order chi connectivity index (χ0) is 10.4. The van der Waals surface area contributed by atoms with Crippen LogP contribution in [0.1, 0.15) is 26.2 Å². The van der Waals surface area contributed by atoms with Crippen molar-refractivity contribution in [1.29, 1.82) is 0 Å². The third kappa shape index (κ3) is 4.07. The lowest BCUT2D eigenvalue weighted by Crippen LogP contribution is -2.39. The van der Waals surface area contributed by atoms with Gasteiger partial charge in [-0.1, -0.05) is 0 Å². The number of nitrogens with one attached hydrogen (secondary N) is 1. The topological polar surface area (TPSA) is 52.6 Å². The van der Waals surface area contributed by atoms with E-state index in [0.717, 1.165) is 6.54 Å². The smallest absolute Gasteiger partial charge is 0.304 e. The lowest BCUT2D eigenvalue weighted by Gasteiger charge is -2.23. The molecule has 0 aromatic heterocycles. The molecule has 1 saturated heterocycles. The normalized spacial score (nSPS) is 19.8. The molecule has 0 spiro atoms. The number of aliphatic carboxylic acids is 1. The summed E-state index contributed by atoms with van der Waals surface area (Å²) in [5, 5.41) is 11.6. The average molecular weight is 200 g/mol. The zero-order valence-corrected chi connectivity index (χ0v) is 8.83. The molecule has 1 heterocycles. The first kappa shape index (κ1) is 11.5. The van der Waals surface area contributed by atoms with Gasteiger partial charge in [-0.2, -0.15) is 0 Å². The second-order valence-corrected chi connectivity index (χ2v) is 3.94. The van der Waals surface area contributed by atoms with E-state index in [9.17, 15) is 4.79 Å². The Hall–Kier alpha value is -0.610. The van der Waals surface area contributed by atoms with Gasteiger partial charge in [-0.15, -0.1) is 0 Å². The lowest BCUT2D eigenvalue weighted by molar-refractivity contribution is -0.136. The van der Waals surface area contributed by atoms with Crippen molar-refractivity contribution < 1.29 is 9.90 Å². The molecule has 0 aliphatic carbocycles. The third-order valence-electron chi connectivity index (χ3n) is 2.72. The summed E-state index contributed by atoms with van der Waals surface area (Å²) >= 11 is 0. The SMILES string of the molecule is CC(CNCCC(=O)O)N1CCCC1. The van der Waals surface area contributed by atoms with Gasteiger partial charge in [-0.3, -0.25) is 9.69 Å². The van der Waals surface area contributed by atoms with E-state index in [1.54, 1.807) is 0 Å². The Morgan fingerprint density at radius 1 is 1.50 bits per heavy atom. The molecule has 4 nitrogen and oxygen atoms in total. The molecule has 1 unspecified atom stereocenters. The number of carbonyl (C=O) groups is 1. The fourth-order valence-electron chi connectivity index (χ4n) is 1.82. The minimum atomic E-state index is -0.730. The van der Waals surface area contributed by atoms with Gasteiger partial charge in [-0.05, 0) is 32.9 Å². The maximum atomic E-state index is 10.2. The highest BCUT2D eigenvalue weighted by Crippen LogP contribution is 2.10. The van der Waals surface area contributed by atoms with E-state index in [1.165, 1.54) is 25.9 Å². The maximum absolute atomic E-state index is 10.2. The Morgan fingerprint density at radius 3 is 2.71 bits per heavy atom. The highest BCUT2D eigenvalue weighted by atomic mass is 16.4. The van der Waals surface area contributed by atoms with Gasteiger partial charge >= 0.3 is 5.97 Å².